The molecular weight excluding hydrogens is 380 g/mol. The summed E-state index contributed by atoms with van der Waals surface area (Å²) in [6.07, 6.45) is 0. The van der Waals surface area contributed by atoms with Crippen LogP contribution in [0.2, 0.25) is 0 Å². The van der Waals surface area contributed by atoms with E-state index in [1.165, 1.54) is 4.88 Å². The number of halogens is 1. The molecule has 5 nitrogen and oxygen atoms in total. The van der Waals surface area contributed by atoms with Crippen LogP contribution in [0.25, 0.3) is 0 Å². The summed E-state index contributed by atoms with van der Waals surface area (Å²) >= 11 is 5.11. The van der Waals surface area contributed by atoms with Gasteiger partial charge in [-0.05, 0) is 47.2 Å². The predicted molar refractivity (Wildman–Crippen MR) is 96.5 cm³/mol. The van der Waals surface area contributed by atoms with Gasteiger partial charge in [-0.2, -0.15) is 0 Å². The van der Waals surface area contributed by atoms with Crippen LogP contribution in [-0.4, -0.2) is 38.6 Å². The van der Waals surface area contributed by atoms with Gasteiger partial charge in [0.25, 0.3) is 0 Å². The van der Waals surface area contributed by atoms with Gasteiger partial charge in [0.2, 0.25) is 5.91 Å². The molecule has 0 saturated carbocycles. The lowest BCUT2D eigenvalue weighted by Gasteiger charge is -2.16. The fourth-order valence-electron chi connectivity index (χ4n) is 2.12. The van der Waals surface area contributed by atoms with E-state index in [1.54, 1.807) is 43.8 Å². The maximum Gasteiger partial charge on any atom is 0.238 e. The van der Waals surface area contributed by atoms with E-state index in [9.17, 15) is 4.79 Å². The second-order valence-corrected chi connectivity index (χ2v) is 7.54. The van der Waals surface area contributed by atoms with Gasteiger partial charge in [-0.25, -0.2) is 0 Å². The molecule has 2 rings (SSSR count). The van der Waals surface area contributed by atoms with Gasteiger partial charge in [0.15, 0.2) is 11.5 Å². The molecule has 2 aromatic rings. The van der Waals surface area contributed by atoms with E-state index in [-0.39, 0.29) is 5.91 Å². The number of thiophene rings is 1. The van der Waals surface area contributed by atoms with Crippen molar-refractivity contribution < 1.29 is 14.3 Å². The first-order chi connectivity index (χ1) is 11.0. The Morgan fingerprint density at radius 2 is 1.96 bits per heavy atom. The first kappa shape index (κ1) is 17.8. The topological polar surface area (TPSA) is 50.8 Å². The molecule has 0 radical (unpaired) electrons. The van der Waals surface area contributed by atoms with E-state index < -0.39 is 0 Å². The Hall–Kier alpha value is -1.57. The molecule has 0 unspecified atom stereocenters. The Morgan fingerprint density at radius 3 is 2.57 bits per heavy atom. The molecule has 0 bridgehead atoms. The normalized spacial score (nSPS) is 10.7. The summed E-state index contributed by atoms with van der Waals surface area (Å²) in [5.41, 5.74) is 0.680. The third kappa shape index (κ3) is 5.23. The smallest absolute Gasteiger partial charge is 0.238 e. The zero-order valence-corrected chi connectivity index (χ0v) is 15.7. The fraction of sp³-hybridized carbons (Fsp3) is 0.312. The molecule has 1 amide bonds. The van der Waals surface area contributed by atoms with E-state index in [0.717, 1.165) is 10.3 Å². The third-order valence-electron chi connectivity index (χ3n) is 3.14. The van der Waals surface area contributed by atoms with Gasteiger partial charge in [-0.3, -0.25) is 9.69 Å². The Bertz CT molecular complexity index is 675. The summed E-state index contributed by atoms with van der Waals surface area (Å²) in [4.78, 5) is 15.3. The molecule has 1 heterocycles. The average molecular weight is 399 g/mol. The van der Waals surface area contributed by atoms with Crippen molar-refractivity contribution in [2.45, 2.75) is 6.54 Å². The van der Waals surface area contributed by atoms with Crippen molar-refractivity contribution in [1.29, 1.82) is 0 Å². The Morgan fingerprint density at radius 1 is 1.22 bits per heavy atom. The summed E-state index contributed by atoms with van der Waals surface area (Å²) in [6.45, 7) is 1.04. The number of ether oxygens (including phenoxy) is 2. The number of methoxy groups -OCH3 is 2. The molecule has 124 valence electrons. The number of amides is 1. The van der Waals surface area contributed by atoms with Gasteiger partial charge in [0.05, 0.1) is 24.6 Å². The fourth-order valence-corrected chi connectivity index (χ4v) is 3.68. The molecule has 0 aliphatic heterocycles. The minimum absolute atomic E-state index is 0.0738. The van der Waals surface area contributed by atoms with Crippen molar-refractivity contribution in [3.8, 4) is 11.5 Å². The Labute approximate surface area is 148 Å². The number of hydrogen-bond donors (Lipinski definition) is 1. The van der Waals surface area contributed by atoms with Crippen LogP contribution >= 0.6 is 27.3 Å². The van der Waals surface area contributed by atoms with Gasteiger partial charge in [0, 0.05) is 23.2 Å². The van der Waals surface area contributed by atoms with Crippen LogP contribution in [0.1, 0.15) is 4.88 Å². The molecule has 0 atom stereocenters. The molecule has 0 saturated heterocycles. The highest BCUT2D eigenvalue weighted by Gasteiger charge is 2.10. The van der Waals surface area contributed by atoms with Gasteiger partial charge in [-0.1, -0.05) is 0 Å². The molecule has 0 aliphatic carbocycles. The zero-order valence-electron chi connectivity index (χ0n) is 13.3. The number of nitrogens with one attached hydrogen (secondary N) is 1. The van der Waals surface area contributed by atoms with Gasteiger partial charge in [-0.15, -0.1) is 11.3 Å². The lowest BCUT2D eigenvalue weighted by Crippen LogP contribution is -2.29. The third-order valence-corrected chi connectivity index (χ3v) is 4.74. The van der Waals surface area contributed by atoms with Gasteiger partial charge >= 0.3 is 0 Å². The maximum atomic E-state index is 12.1. The summed E-state index contributed by atoms with van der Waals surface area (Å²) in [6, 6.07) is 9.36. The number of carbonyl (C=O) groups is 1. The number of nitrogens with zero attached hydrogens (tertiary/aromatic N) is 1. The highest BCUT2D eigenvalue weighted by molar-refractivity contribution is 9.11. The molecule has 0 aliphatic rings. The van der Waals surface area contributed by atoms with E-state index in [4.69, 9.17) is 9.47 Å². The van der Waals surface area contributed by atoms with Gasteiger partial charge in [0.1, 0.15) is 0 Å². The van der Waals surface area contributed by atoms with Crippen LogP contribution in [0, 0.1) is 0 Å². The highest BCUT2D eigenvalue weighted by Crippen LogP contribution is 2.29. The van der Waals surface area contributed by atoms with Crippen molar-refractivity contribution in [3.05, 3.63) is 39.0 Å². The molecule has 7 heteroatoms. The number of carbonyl (C=O) groups excluding carboxylic acids is 1. The highest BCUT2D eigenvalue weighted by atomic mass is 79.9. The average Bonchev–Trinajstić information content (AvgIpc) is 2.91. The first-order valence-corrected chi connectivity index (χ1v) is 8.57. The molecule has 1 aromatic carbocycles. The minimum Gasteiger partial charge on any atom is -0.493 e. The quantitative estimate of drug-likeness (QED) is 0.773. The van der Waals surface area contributed by atoms with Crippen molar-refractivity contribution >= 4 is 38.9 Å². The minimum atomic E-state index is -0.0738. The van der Waals surface area contributed by atoms with Crippen LogP contribution in [0.15, 0.2) is 34.1 Å². The standard InChI is InChI=1S/C16H19BrN2O3S/c1-19(9-12-5-7-15(17)23-12)10-16(20)18-11-4-6-13(21-2)14(8-11)22-3/h4-8H,9-10H2,1-3H3,(H,18,20). The van der Waals surface area contributed by atoms with Crippen molar-refractivity contribution in [1.82, 2.24) is 4.90 Å². The lowest BCUT2D eigenvalue weighted by molar-refractivity contribution is -0.117. The lowest BCUT2D eigenvalue weighted by atomic mass is 10.2. The number of hydrogen-bond acceptors (Lipinski definition) is 5. The maximum absolute atomic E-state index is 12.1. The molecule has 1 N–H and O–H groups in total. The van der Waals surface area contributed by atoms with E-state index in [1.807, 2.05) is 18.0 Å². The molecular formula is C16H19BrN2O3S. The SMILES string of the molecule is COc1ccc(NC(=O)CN(C)Cc2ccc(Br)s2)cc1OC. The Balaban J connectivity index is 1.91. The van der Waals surface area contributed by atoms with Crippen LogP contribution in [0.4, 0.5) is 5.69 Å². The van der Waals surface area contributed by atoms with Crippen LogP contribution in [0.5, 0.6) is 11.5 Å². The number of benzene rings is 1. The summed E-state index contributed by atoms with van der Waals surface area (Å²) in [5.74, 6) is 1.14. The number of rotatable bonds is 7. The monoisotopic (exact) mass is 398 g/mol. The molecule has 23 heavy (non-hydrogen) atoms. The number of anilines is 1. The summed E-state index contributed by atoms with van der Waals surface area (Å²) < 4.78 is 11.5. The zero-order chi connectivity index (χ0) is 16.8. The van der Waals surface area contributed by atoms with Crippen molar-refractivity contribution in [3.63, 3.8) is 0 Å². The molecule has 0 fully saturated rings. The summed E-state index contributed by atoms with van der Waals surface area (Å²) in [5, 5.41) is 2.87. The predicted octanol–water partition coefficient (Wildman–Crippen LogP) is 3.60. The van der Waals surface area contributed by atoms with Crippen LogP contribution in [0.3, 0.4) is 0 Å². The first-order valence-electron chi connectivity index (χ1n) is 6.96. The van der Waals surface area contributed by atoms with Crippen LogP contribution in [-0.2, 0) is 11.3 Å². The molecule has 1 aromatic heterocycles. The van der Waals surface area contributed by atoms with Crippen molar-refractivity contribution in [2.75, 3.05) is 33.1 Å². The molecule has 0 spiro atoms. The second kappa shape index (κ2) is 8.33. The largest absolute Gasteiger partial charge is 0.493 e. The van der Waals surface area contributed by atoms with Crippen molar-refractivity contribution in [2.24, 2.45) is 0 Å². The Kier molecular flexibility index (Phi) is 6.44. The van der Waals surface area contributed by atoms with E-state index in [0.29, 0.717) is 23.7 Å². The number of likely N-dealkylation sites (N-methyl/N-ethyl adjacent to an activating group) is 1. The summed E-state index contributed by atoms with van der Waals surface area (Å²) in [7, 11) is 5.06. The van der Waals surface area contributed by atoms with Crippen LogP contribution < -0.4 is 14.8 Å². The van der Waals surface area contributed by atoms with E-state index in [2.05, 4.69) is 27.3 Å². The van der Waals surface area contributed by atoms with E-state index >= 15 is 0 Å². The second-order valence-electron chi connectivity index (χ2n) is 5.00. The van der Waals surface area contributed by atoms with Gasteiger partial charge < -0.3 is 14.8 Å².